The first-order chi connectivity index (χ1) is 9.62. The van der Waals surface area contributed by atoms with Crippen LogP contribution in [0.4, 0.5) is 5.69 Å². The Morgan fingerprint density at radius 2 is 2.05 bits per heavy atom. The first kappa shape index (κ1) is 13.2. The van der Waals surface area contributed by atoms with Crippen LogP contribution in [0.1, 0.15) is 39.5 Å². The Labute approximate surface area is 120 Å². The SMILES string of the molecule is CC1(C)CCCC(Nc2ccc(-n3cncn3)cc2)C1. The summed E-state index contributed by atoms with van der Waals surface area (Å²) in [4.78, 5) is 3.97. The zero-order chi connectivity index (χ0) is 14.0. The molecule has 1 aliphatic rings. The highest BCUT2D eigenvalue weighted by Gasteiger charge is 2.27. The summed E-state index contributed by atoms with van der Waals surface area (Å²) in [5, 5.41) is 7.80. The second-order valence-electron chi connectivity index (χ2n) is 6.49. The maximum absolute atomic E-state index is 4.14. The fourth-order valence-electron chi connectivity index (χ4n) is 3.11. The molecule has 1 fully saturated rings. The molecule has 0 amide bonds. The van der Waals surface area contributed by atoms with Crippen LogP contribution in [-0.2, 0) is 0 Å². The Hall–Kier alpha value is -1.84. The van der Waals surface area contributed by atoms with Crippen molar-refractivity contribution < 1.29 is 0 Å². The second-order valence-corrected chi connectivity index (χ2v) is 6.49. The van der Waals surface area contributed by atoms with Crippen LogP contribution in [0, 0.1) is 5.41 Å². The van der Waals surface area contributed by atoms with Gasteiger partial charge in [-0.25, -0.2) is 9.67 Å². The zero-order valence-corrected chi connectivity index (χ0v) is 12.2. The van der Waals surface area contributed by atoms with Crippen LogP contribution in [0.15, 0.2) is 36.9 Å². The van der Waals surface area contributed by atoms with E-state index < -0.39 is 0 Å². The minimum Gasteiger partial charge on any atom is -0.382 e. The molecule has 0 aliphatic heterocycles. The van der Waals surface area contributed by atoms with Gasteiger partial charge in [-0.05, 0) is 48.9 Å². The van der Waals surface area contributed by atoms with Gasteiger partial charge in [0.25, 0.3) is 0 Å². The minimum atomic E-state index is 0.469. The average molecular weight is 270 g/mol. The molecule has 20 heavy (non-hydrogen) atoms. The summed E-state index contributed by atoms with van der Waals surface area (Å²) in [6.07, 6.45) is 8.45. The molecule has 1 heterocycles. The van der Waals surface area contributed by atoms with Crippen molar-refractivity contribution >= 4 is 5.69 Å². The van der Waals surface area contributed by atoms with Crippen molar-refractivity contribution in [1.29, 1.82) is 0 Å². The van der Waals surface area contributed by atoms with Crippen LogP contribution in [0.25, 0.3) is 5.69 Å². The summed E-state index contributed by atoms with van der Waals surface area (Å²) in [5.41, 5.74) is 2.70. The Kier molecular flexibility index (Phi) is 3.47. The third-order valence-corrected chi connectivity index (χ3v) is 4.13. The Morgan fingerprint density at radius 1 is 1.25 bits per heavy atom. The Balaban J connectivity index is 1.66. The molecule has 1 N–H and O–H groups in total. The number of hydrogen-bond acceptors (Lipinski definition) is 3. The smallest absolute Gasteiger partial charge is 0.138 e. The highest BCUT2D eigenvalue weighted by molar-refractivity contribution is 5.49. The van der Waals surface area contributed by atoms with Crippen LogP contribution in [-0.4, -0.2) is 20.8 Å². The zero-order valence-electron chi connectivity index (χ0n) is 12.2. The Morgan fingerprint density at radius 3 is 2.70 bits per heavy atom. The molecular formula is C16H22N4. The quantitative estimate of drug-likeness (QED) is 0.925. The lowest BCUT2D eigenvalue weighted by molar-refractivity contribution is 0.229. The Bertz CT molecular complexity index is 542. The van der Waals surface area contributed by atoms with Crippen molar-refractivity contribution in [3.8, 4) is 5.69 Å². The van der Waals surface area contributed by atoms with Crippen LogP contribution in [0.2, 0.25) is 0 Å². The van der Waals surface area contributed by atoms with Crippen molar-refractivity contribution in [2.24, 2.45) is 5.41 Å². The topological polar surface area (TPSA) is 42.7 Å². The number of nitrogens with one attached hydrogen (secondary N) is 1. The van der Waals surface area contributed by atoms with Gasteiger partial charge >= 0.3 is 0 Å². The molecule has 0 saturated heterocycles. The summed E-state index contributed by atoms with van der Waals surface area (Å²) in [6, 6.07) is 8.99. The van der Waals surface area contributed by atoms with E-state index in [1.165, 1.54) is 31.4 Å². The van der Waals surface area contributed by atoms with Crippen molar-refractivity contribution in [2.75, 3.05) is 5.32 Å². The third kappa shape index (κ3) is 3.00. The van der Waals surface area contributed by atoms with Gasteiger partial charge in [0, 0.05) is 11.7 Å². The largest absolute Gasteiger partial charge is 0.382 e. The molecule has 4 heteroatoms. The molecule has 4 nitrogen and oxygen atoms in total. The summed E-state index contributed by atoms with van der Waals surface area (Å²) in [7, 11) is 0. The van der Waals surface area contributed by atoms with E-state index in [1.54, 1.807) is 17.3 Å². The number of hydrogen-bond donors (Lipinski definition) is 1. The van der Waals surface area contributed by atoms with E-state index in [1.807, 2.05) is 0 Å². The molecule has 2 aromatic rings. The van der Waals surface area contributed by atoms with Gasteiger partial charge in [0.15, 0.2) is 0 Å². The molecule has 1 saturated carbocycles. The van der Waals surface area contributed by atoms with Crippen molar-refractivity contribution in [1.82, 2.24) is 14.8 Å². The fourth-order valence-corrected chi connectivity index (χ4v) is 3.11. The number of aromatic nitrogens is 3. The molecule has 1 aromatic heterocycles. The lowest BCUT2D eigenvalue weighted by Crippen LogP contribution is -2.31. The van der Waals surface area contributed by atoms with E-state index in [0.717, 1.165) is 5.69 Å². The van der Waals surface area contributed by atoms with Gasteiger partial charge in [0.1, 0.15) is 12.7 Å². The van der Waals surface area contributed by atoms with E-state index in [9.17, 15) is 0 Å². The summed E-state index contributed by atoms with van der Waals surface area (Å²) < 4.78 is 1.77. The average Bonchev–Trinajstić information content (AvgIpc) is 2.92. The van der Waals surface area contributed by atoms with Gasteiger partial charge in [-0.15, -0.1) is 0 Å². The standard InChI is InChI=1S/C16H22N4/c1-16(2)9-3-4-14(10-16)19-13-5-7-15(8-6-13)20-12-17-11-18-20/h5-8,11-12,14,19H,3-4,9-10H2,1-2H3. The highest BCUT2D eigenvalue weighted by Crippen LogP contribution is 2.36. The highest BCUT2D eigenvalue weighted by atomic mass is 15.3. The summed E-state index contributed by atoms with van der Waals surface area (Å²) in [6.45, 7) is 4.74. The number of anilines is 1. The van der Waals surface area contributed by atoms with Gasteiger partial charge in [0.05, 0.1) is 5.69 Å². The van der Waals surface area contributed by atoms with E-state index in [4.69, 9.17) is 0 Å². The van der Waals surface area contributed by atoms with Gasteiger partial charge in [-0.1, -0.05) is 20.3 Å². The number of nitrogens with zero attached hydrogens (tertiary/aromatic N) is 3. The predicted octanol–water partition coefficient (Wildman–Crippen LogP) is 3.65. The molecule has 106 valence electrons. The first-order valence-electron chi connectivity index (χ1n) is 7.34. The van der Waals surface area contributed by atoms with E-state index >= 15 is 0 Å². The number of rotatable bonds is 3. The molecule has 1 atom stereocenters. The van der Waals surface area contributed by atoms with Crippen molar-refractivity contribution in [3.63, 3.8) is 0 Å². The molecule has 0 radical (unpaired) electrons. The van der Waals surface area contributed by atoms with Gasteiger partial charge in [0.2, 0.25) is 0 Å². The molecule has 1 aliphatic carbocycles. The molecule has 1 unspecified atom stereocenters. The fraction of sp³-hybridized carbons (Fsp3) is 0.500. The maximum Gasteiger partial charge on any atom is 0.138 e. The molecule has 0 bridgehead atoms. The molecule has 0 spiro atoms. The van der Waals surface area contributed by atoms with E-state index in [-0.39, 0.29) is 0 Å². The second kappa shape index (κ2) is 5.27. The monoisotopic (exact) mass is 270 g/mol. The lowest BCUT2D eigenvalue weighted by Gasteiger charge is -2.36. The van der Waals surface area contributed by atoms with Crippen LogP contribution < -0.4 is 5.32 Å². The maximum atomic E-state index is 4.14. The van der Waals surface area contributed by atoms with Crippen molar-refractivity contribution in [2.45, 2.75) is 45.6 Å². The summed E-state index contributed by atoms with van der Waals surface area (Å²) in [5.74, 6) is 0. The van der Waals surface area contributed by atoms with E-state index in [0.29, 0.717) is 11.5 Å². The molecule has 1 aromatic carbocycles. The van der Waals surface area contributed by atoms with Crippen LogP contribution >= 0.6 is 0 Å². The first-order valence-corrected chi connectivity index (χ1v) is 7.34. The third-order valence-electron chi connectivity index (χ3n) is 4.13. The predicted molar refractivity (Wildman–Crippen MR) is 81.0 cm³/mol. The lowest BCUT2D eigenvalue weighted by atomic mass is 9.75. The summed E-state index contributed by atoms with van der Waals surface area (Å²) >= 11 is 0. The molecule has 3 rings (SSSR count). The normalized spacial score (nSPS) is 21.6. The molecular weight excluding hydrogens is 248 g/mol. The number of benzene rings is 1. The van der Waals surface area contributed by atoms with Gasteiger partial charge in [-0.2, -0.15) is 5.10 Å². The van der Waals surface area contributed by atoms with Gasteiger partial charge in [-0.3, -0.25) is 0 Å². The van der Waals surface area contributed by atoms with Crippen molar-refractivity contribution in [3.05, 3.63) is 36.9 Å². The van der Waals surface area contributed by atoms with Crippen LogP contribution in [0.5, 0.6) is 0 Å². The van der Waals surface area contributed by atoms with E-state index in [2.05, 4.69) is 53.5 Å². The minimum absolute atomic E-state index is 0.469. The van der Waals surface area contributed by atoms with Gasteiger partial charge < -0.3 is 5.32 Å². The van der Waals surface area contributed by atoms with Crippen LogP contribution in [0.3, 0.4) is 0 Å².